The van der Waals surface area contributed by atoms with Gasteiger partial charge in [0.05, 0.1) is 10.6 Å². The number of hydrogen-bond acceptors (Lipinski definition) is 4. The van der Waals surface area contributed by atoms with Crippen LogP contribution in [0, 0.1) is 6.92 Å². The van der Waals surface area contributed by atoms with E-state index in [1.54, 1.807) is 19.2 Å². The molecule has 1 aromatic heterocycles. The molecule has 0 fully saturated rings. The Hall–Kier alpha value is -1.60. The second-order valence-corrected chi connectivity index (χ2v) is 6.75. The zero-order chi connectivity index (χ0) is 14.8. The lowest BCUT2D eigenvalue weighted by Crippen LogP contribution is -2.14. The van der Waals surface area contributed by atoms with E-state index in [1.165, 1.54) is 18.3 Å². The van der Waals surface area contributed by atoms with Crippen LogP contribution in [0.3, 0.4) is 0 Å². The van der Waals surface area contributed by atoms with Gasteiger partial charge in [-0.15, -0.1) is 0 Å². The van der Waals surface area contributed by atoms with Gasteiger partial charge in [-0.05, 0) is 46.6 Å². The van der Waals surface area contributed by atoms with Crippen LogP contribution in [0.25, 0.3) is 0 Å². The molecule has 0 amide bonds. The van der Waals surface area contributed by atoms with Crippen molar-refractivity contribution in [3.05, 3.63) is 46.6 Å². The summed E-state index contributed by atoms with van der Waals surface area (Å²) < 4.78 is 27.9. The van der Waals surface area contributed by atoms with Crippen molar-refractivity contribution in [2.45, 2.75) is 11.8 Å². The van der Waals surface area contributed by atoms with Gasteiger partial charge in [-0.25, -0.2) is 13.4 Å². The zero-order valence-electron chi connectivity index (χ0n) is 11.0. The van der Waals surface area contributed by atoms with Gasteiger partial charge in [0.2, 0.25) is 0 Å². The predicted molar refractivity (Wildman–Crippen MR) is 83.5 cm³/mol. The smallest absolute Gasteiger partial charge is 0.262 e. The highest BCUT2D eigenvalue weighted by Gasteiger charge is 2.16. The molecule has 0 radical (unpaired) electrons. The first kappa shape index (κ1) is 14.8. The lowest BCUT2D eigenvalue weighted by atomic mass is 10.2. The van der Waals surface area contributed by atoms with Crippen molar-refractivity contribution in [2.24, 2.45) is 0 Å². The number of nitrogens with one attached hydrogen (secondary N) is 2. The molecule has 1 heterocycles. The first-order chi connectivity index (χ1) is 9.42. The Bertz CT molecular complexity index is 732. The van der Waals surface area contributed by atoms with Crippen molar-refractivity contribution in [3.8, 4) is 0 Å². The number of anilines is 2. The number of rotatable bonds is 4. The third-order valence-corrected chi connectivity index (χ3v) is 4.72. The molecule has 0 spiro atoms. The molecule has 2 N–H and O–H groups in total. The van der Waals surface area contributed by atoms with Crippen molar-refractivity contribution in [1.82, 2.24) is 4.98 Å². The van der Waals surface area contributed by atoms with E-state index in [2.05, 4.69) is 31.0 Å². The van der Waals surface area contributed by atoms with E-state index in [4.69, 9.17) is 0 Å². The second-order valence-electron chi connectivity index (χ2n) is 4.22. The fourth-order valence-corrected chi connectivity index (χ4v) is 3.20. The highest BCUT2D eigenvalue weighted by molar-refractivity contribution is 9.10. The summed E-state index contributed by atoms with van der Waals surface area (Å²) >= 11 is 3.33. The van der Waals surface area contributed by atoms with Gasteiger partial charge >= 0.3 is 0 Å². The van der Waals surface area contributed by atoms with Gasteiger partial charge in [0.25, 0.3) is 10.0 Å². The minimum absolute atomic E-state index is 0.158. The molecule has 0 aliphatic heterocycles. The van der Waals surface area contributed by atoms with Crippen LogP contribution in [0.5, 0.6) is 0 Å². The monoisotopic (exact) mass is 355 g/mol. The number of nitrogens with zero attached hydrogens (tertiary/aromatic N) is 1. The van der Waals surface area contributed by atoms with E-state index in [0.29, 0.717) is 16.0 Å². The molecule has 7 heteroatoms. The summed E-state index contributed by atoms with van der Waals surface area (Å²) in [4.78, 5) is 4.16. The normalized spacial score (nSPS) is 11.2. The van der Waals surface area contributed by atoms with Crippen molar-refractivity contribution >= 4 is 37.5 Å². The number of benzene rings is 1. The molecule has 0 saturated heterocycles. The first-order valence-electron chi connectivity index (χ1n) is 5.85. The van der Waals surface area contributed by atoms with Crippen LogP contribution < -0.4 is 10.0 Å². The van der Waals surface area contributed by atoms with Gasteiger partial charge in [0.15, 0.2) is 0 Å². The molecule has 1 aromatic carbocycles. The minimum Gasteiger partial charge on any atom is -0.373 e. The molecular formula is C13H14BrN3O2S. The third-order valence-electron chi connectivity index (χ3n) is 2.66. The maximum Gasteiger partial charge on any atom is 0.262 e. The summed E-state index contributed by atoms with van der Waals surface area (Å²) in [6, 6.07) is 8.40. The van der Waals surface area contributed by atoms with Crippen molar-refractivity contribution in [2.75, 3.05) is 17.1 Å². The molecular weight excluding hydrogens is 342 g/mol. The standard InChI is InChI=1S/C13H14BrN3O2S/c1-9-3-4-11(14)12(7-9)17-20(18,19)10-5-6-16-13(8-10)15-2/h3-8,17H,1-2H3,(H,15,16). The predicted octanol–water partition coefficient (Wildman–Crippen LogP) is 3.00. The number of aryl methyl sites for hydroxylation is 1. The largest absolute Gasteiger partial charge is 0.373 e. The average Bonchev–Trinajstić information content (AvgIpc) is 2.43. The van der Waals surface area contributed by atoms with Gasteiger partial charge in [-0.1, -0.05) is 6.07 Å². The first-order valence-corrected chi connectivity index (χ1v) is 8.13. The summed E-state index contributed by atoms with van der Waals surface area (Å²) in [5.74, 6) is 0.496. The molecule has 0 bridgehead atoms. The van der Waals surface area contributed by atoms with Gasteiger partial charge in [0.1, 0.15) is 5.82 Å². The average molecular weight is 356 g/mol. The lowest BCUT2D eigenvalue weighted by molar-refractivity contribution is 0.601. The van der Waals surface area contributed by atoms with Crippen LogP contribution in [-0.2, 0) is 10.0 Å². The Morgan fingerprint density at radius 1 is 1.20 bits per heavy atom. The number of aromatic nitrogens is 1. The van der Waals surface area contributed by atoms with Crippen molar-refractivity contribution in [3.63, 3.8) is 0 Å². The van der Waals surface area contributed by atoms with Gasteiger partial charge in [0, 0.05) is 23.8 Å². The Balaban J connectivity index is 2.38. The number of hydrogen-bond donors (Lipinski definition) is 2. The Labute approximate surface area is 126 Å². The Morgan fingerprint density at radius 2 is 1.95 bits per heavy atom. The topological polar surface area (TPSA) is 71.1 Å². The van der Waals surface area contributed by atoms with E-state index in [1.807, 2.05) is 13.0 Å². The third kappa shape index (κ3) is 3.29. The van der Waals surface area contributed by atoms with Crippen molar-refractivity contribution in [1.29, 1.82) is 0 Å². The van der Waals surface area contributed by atoms with Crippen molar-refractivity contribution < 1.29 is 8.42 Å². The molecule has 0 atom stereocenters. The zero-order valence-corrected chi connectivity index (χ0v) is 13.4. The minimum atomic E-state index is -3.65. The quantitative estimate of drug-likeness (QED) is 0.884. The van der Waals surface area contributed by atoms with E-state index >= 15 is 0 Å². The molecule has 0 aliphatic rings. The lowest BCUT2D eigenvalue weighted by Gasteiger charge is -2.11. The van der Waals surface area contributed by atoms with Crippen LogP contribution in [0.4, 0.5) is 11.5 Å². The molecule has 0 saturated carbocycles. The molecule has 106 valence electrons. The highest BCUT2D eigenvalue weighted by Crippen LogP contribution is 2.26. The highest BCUT2D eigenvalue weighted by atomic mass is 79.9. The number of sulfonamides is 1. The summed E-state index contributed by atoms with van der Waals surface area (Å²) in [5.41, 5.74) is 1.48. The summed E-state index contributed by atoms with van der Waals surface area (Å²) in [5, 5.41) is 2.81. The van der Waals surface area contributed by atoms with E-state index < -0.39 is 10.0 Å². The summed E-state index contributed by atoms with van der Waals surface area (Å²) in [6.45, 7) is 1.90. The summed E-state index contributed by atoms with van der Waals surface area (Å²) in [6.07, 6.45) is 1.45. The molecule has 5 nitrogen and oxygen atoms in total. The van der Waals surface area contributed by atoms with Crippen LogP contribution in [0.15, 0.2) is 45.9 Å². The SMILES string of the molecule is CNc1cc(S(=O)(=O)Nc2cc(C)ccc2Br)ccn1. The second kappa shape index (κ2) is 5.80. The molecule has 20 heavy (non-hydrogen) atoms. The van der Waals surface area contributed by atoms with Gasteiger partial charge in [-0.3, -0.25) is 4.72 Å². The molecule has 2 aromatic rings. The van der Waals surface area contributed by atoms with E-state index in [0.717, 1.165) is 5.56 Å². The van der Waals surface area contributed by atoms with Gasteiger partial charge < -0.3 is 5.32 Å². The fraction of sp³-hybridized carbons (Fsp3) is 0.154. The molecule has 2 rings (SSSR count). The molecule has 0 aliphatic carbocycles. The van der Waals surface area contributed by atoms with Crippen LogP contribution in [0.2, 0.25) is 0 Å². The van der Waals surface area contributed by atoms with E-state index in [9.17, 15) is 8.42 Å². The maximum absolute atomic E-state index is 12.3. The number of halogens is 1. The Kier molecular flexibility index (Phi) is 4.29. The number of pyridine rings is 1. The van der Waals surface area contributed by atoms with Crippen LogP contribution >= 0.6 is 15.9 Å². The van der Waals surface area contributed by atoms with E-state index in [-0.39, 0.29) is 4.90 Å². The fourth-order valence-electron chi connectivity index (χ4n) is 1.64. The van der Waals surface area contributed by atoms with Crippen LogP contribution in [-0.4, -0.2) is 20.4 Å². The van der Waals surface area contributed by atoms with Crippen LogP contribution in [0.1, 0.15) is 5.56 Å². The Morgan fingerprint density at radius 3 is 2.65 bits per heavy atom. The summed E-state index contributed by atoms with van der Waals surface area (Å²) in [7, 11) is -1.96. The van der Waals surface area contributed by atoms with Gasteiger partial charge in [-0.2, -0.15) is 0 Å². The molecule has 0 unspecified atom stereocenters. The maximum atomic E-state index is 12.3.